The second-order valence-electron chi connectivity index (χ2n) is 8.59. The number of ether oxygens (including phenoxy) is 2. The Morgan fingerprint density at radius 1 is 0.970 bits per heavy atom. The molecular weight excluding hydrogens is 414 g/mol. The summed E-state index contributed by atoms with van der Waals surface area (Å²) in [5.41, 5.74) is 5.06. The first-order valence-corrected chi connectivity index (χ1v) is 12.3. The van der Waals surface area contributed by atoms with Gasteiger partial charge in [-0.3, -0.25) is 0 Å². The normalized spacial score (nSPS) is 13.3. The van der Waals surface area contributed by atoms with Gasteiger partial charge in [0.25, 0.3) is 0 Å². The second-order valence-corrected chi connectivity index (χ2v) is 8.59. The van der Waals surface area contributed by atoms with Gasteiger partial charge in [-0.25, -0.2) is 4.79 Å². The fourth-order valence-electron chi connectivity index (χ4n) is 3.96. The van der Waals surface area contributed by atoms with E-state index >= 15 is 0 Å². The van der Waals surface area contributed by atoms with E-state index in [1.54, 1.807) is 0 Å². The number of carboxylic acids is 1. The minimum absolute atomic E-state index is 0.492. The van der Waals surface area contributed by atoms with Crippen LogP contribution in [0.4, 0.5) is 5.69 Å². The van der Waals surface area contributed by atoms with Crippen LogP contribution in [0.5, 0.6) is 5.75 Å². The average molecular weight is 452 g/mol. The molecule has 2 N–H and O–H groups in total. The lowest BCUT2D eigenvalue weighted by atomic mass is 9.98. The maximum atomic E-state index is 11.5. The van der Waals surface area contributed by atoms with E-state index in [1.807, 2.05) is 18.2 Å². The molecule has 5 heteroatoms. The number of nitrogens with one attached hydrogen (secondary N) is 1. The largest absolute Gasteiger partial charge is 0.491 e. The molecule has 3 rings (SSSR count). The molecule has 0 saturated heterocycles. The second kappa shape index (κ2) is 13.7. The molecule has 0 fully saturated rings. The monoisotopic (exact) mass is 451 g/mol. The van der Waals surface area contributed by atoms with Crippen molar-refractivity contribution in [3.63, 3.8) is 0 Å². The summed E-state index contributed by atoms with van der Waals surface area (Å²) >= 11 is 0. The number of carbonyl (C=O) groups is 1. The zero-order valence-corrected chi connectivity index (χ0v) is 19.8. The predicted molar refractivity (Wildman–Crippen MR) is 134 cm³/mol. The van der Waals surface area contributed by atoms with Crippen molar-refractivity contribution in [2.75, 3.05) is 31.7 Å². The van der Waals surface area contributed by atoms with Crippen LogP contribution in [0.3, 0.4) is 0 Å². The topological polar surface area (TPSA) is 67.8 Å². The highest BCUT2D eigenvalue weighted by atomic mass is 16.5. The van der Waals surface area contributed by atoms with E-state index in [0.29, 0.717) is 25.2 Å². The summed E-state index contributed by atoms with van der Waals surface area (Å²) in [4.78, 5) is 11.5. The van der Waals surface area contributed by atoms with E-state index in [1.165, 1.54) is 11.1 Å². The number of unbranched alkanes of at least 4 members (excludes halogenated alkanes) is 2. The number of rotatable bonds is 13. The molecule has 0 amide bonds. The highest BCUT2D eigenvalue weighted by molar-refractivity contribution is 5.93. The Morgan fingerprint density at radius 2 is 1.73 bits per heavy atom. The van der Waals surface area contributed by atoms with Crippen LogP contribution >= 0.6 is 0 Å². The summed E-state index contributed by atoms with van der Waals surface area (Å²) in [7, 11) is 0. The van der Waals surface area contributed by atoms with Crippen LogP contribution in [0.2, 0.25) is 0 Å². The fraction of sp³-hybridized carbons (Fsp3) is 0.464. The number of carboxylic acid groups (broad SMARTS) is 1. The van der Waals surface area contributed by atoms with Crippen LogP contribution < -0.4 is 10.1 Å². The molecule has 33 heavy (non-hydrogen) atoms. The molecule has 0 spiro atoms. The average Bonchev–Trinajstić information content (AvgIpc) is 2.80. The van der Waals surface area contributed by atoms with Gasteiger partial charge in [-0.1, -0.05) is 31.5 Å². The summed E-state index contributed by atoms with van der Waals surface area (Å²) in [6.07, 6.45) is 9.74. The van der Waals surface area contributed by atoms with Gasteiger partial charge in [0.05, 0.1) is 6.61 Å². The smallest absolute Gasteiger partial charge is 0.331 e. The standard InChI is InChI=1S/C28H37NO4/c1-2-3-17-32-18-19-33-26-13-10-22(11-14-26)7-4-5-8-23-12-15-27-25(20-23)21-24(28(30)31)9-6-16-29-27/h10-15,20-21,29H,2-9,16-19H2,1H3,(H,30,31). The first kappa shape index (κ1) is 24.8. The lowest BCUT2D eigenvalue weighted by Crippen LogP contribution is -2.10. The molecular formula is C28H37NO4. The number of aliphatic carboxylic acids is 1. The van der Waals surface area contributed by atoms with Crippen molar-refractivity contribution in [1.82, 2.24) is 0 Å². The molecule has 1 aliphatic heterocycles. The van der Waals surface area contributed by atoms with Gasteiger partial charge in [-0.2, -0.15) is 0 Å². The van der Waals surface area contributed by atoms with Crippen LogP contribution in [0.15, 0.2) is 48.0 Å². The summed E-state index contributed by atoms with van der Waals surface area (Å²) in [5.74, 6) is 0.0750. The minimum Gasteiger partial charge on any atom is -0.491 e. The Hall–Kier alpha value is -2.79. The van der Waals surface area contributed by atoms with E-state index in [2.05, 4.69) is 42.6 Å². The molecule has 1 heterocycles. The highest BCUT2D eigenvalue weighted by Gasteiger charge is 2.12. The van der Waals surface area contributed by atoms with Crippen LogP contribution in [0.1, 0.15) is 62.1 Å². The Kier molecular flexibility index (Phi) is 10.3. The van der Waals surface area contributed by atoms with Gasteiger partial charge in [0, 0.05) is 24.4 Å². The van der Waals surface area contributed by atoms with Crippen LogP contribution in [-0.2, 0) is 22.4 Å². The van der Waals surface area contributed by atoms with Gasteiger partial charge in [0.15, 0.2) is 0 Å². The van der Waals surface area contributed by atoms with Crippen molar-refractivity contribution in [3.05, 3.63) is 64.7 Å². The molecule has 0 atom stereocenters. The molecule has 0 radical (unpaired) electrons. The van der Waals surface area contributed by atoms with Crippen molar-refractivity contribution in [2.45, 2.75) is 58.3 Å². The van der Waals surface area contributed by atoms with E-state index in [4.69, 9.17) is 9.47 Å². The lowest BCUT2D eigenvalue weighted by molar-refractivity contribution is -0.132. The maximum absolute atomic E-state index is 11.5. The Bertz CT molecular complexity index is 905. The van der Waals surface area contributed by atoms with Gasteiger partial charge in [0.2, 0.25) is 0 Å². The molecule has 2 aromatic carbocycles. The molecule has 0 aliphatic carbocycles. The molecule has 2 aromatic rings. The van der Waals surface area contributed by atoms with E-state index < -0.39 is 5.97 Å². The number of hydrogen-bond donors (Lipinski definition) is 2. The third kappa shape index (κ3) is 8.58. The zero-order valence-electron chi connectivity index (χ0n) is 19.8. The summed E-state index contributed by atoms with van der Waals surface area (Å²) in [5, 5.41) is 12.8. The van der Waals surface area contributed by atoms with Crippen LogP contribution in [0.25, 0.3) is 6.08 Å². The van der Waals surface area contributed by atoms with Crippen LogP contribution in [0, 0.1) is 0 Å². The SMILES string of the molecule is CCCCOCCOc1ccc(CCCCc2ccc3c(c2)C=C(C(=O)O)CCCN3)cc1. The molecule has 0 saturated carbocycles. The van der Waals surface area contributed by atoms with Crippen molar-refractivity contribution < 1.29 is 19.4 Å². The fourth-order valence-corrected chi connectivity index (χ4v) is 3.96. The minimum atomic E-state index is -0.815. The molecule has 0 bridgehead atoms. The first-order valence-electron chi connectivity index (χ1n) is 12.3. The molecule has 178 valence electrons. The van der Waals surface area contributed by atoms with Gasteiger partial charge in [-0.05, 0) is 92.0 Å². The number of fused-ring (bicyclic) bond motifs is 1. The Morgan fingerprint density at radius 3 is 2.48 bits per heavy atom. The zero-order chi connectivity index (χ0) is 23.3. The molecule has 0 unspecified atom stereocenters. The predicted octanol–water partition coefficient (Wildman–Crippen LogP) is 6.12. The third-order valence-electron chi connectivity index (χ3n) is 5.90. The van der Waals surface area contributed by atoms with Gasteiger partial charge in [0.1, 0.15) is 12.4 Å². The molecule has 0 aromatic heterocycles. The first-order chi connectivity index (χ1) is 16.2. The number of anilines is 1. The molecule has 5 nitrogen and oxygen atoms in total. The summed E-state index contributed by atoms with van der Waals surface area (Å²) in [6.45, 7) is 4.98. The quantitative estimate of drug-likeness (QED) is 0.359. The molecule has 1 aliphatic rings. The van der Waals surface area contributed by atoms with E-state index in [-0.39, 0.29) is 0 Å². The van der Waals surface area contributed by atoms with Crippen molar-refractivity contribution in [3.8, 4) is 5.75 Å². The maximum Gasteiger partial charge on any atom is 0.331 e. The number of aryl methyl sites for hydroxylation is 2. The summed E-state index contributed by atoms with van der Waals surface area (Å²) in [6, 6.07) is 14.7. The van der Waals surface area contributed by atoms with Crippen molar-refractivity contribution >= 4 is 17.7 Å². The van der Waals surface area contributed by atoms with Gasteiger partial charge < -0.3 is 19.9 Å². The van der Waals surface area contributed by atoms with Crippen molar-refractivity contribution in [2.24, 2.45) is 0 Å². The third-order valence-corrected chi connectivity index (χ3v) is 5.90. The highest BCUT2D eigenvalue weighted by Crippen LogP contribution is 2.25. The Labute approximate surface area is 197 Å². The Balaban J connectivity index is 1.42. The summed E-state index contributed by atoms with van der Waals surface area (Å²) < 4.78 is 11.3. The van der Waals surface area contributed by atoms with Gasteiger partial charge in [-0.15, -0.1) is 0 Å². The number of benzene rings is 2. The lowest BCUT2D eigenvalue weighted by Gasteiger charge is -2.15. The van der Waals surface area contributed by atoms with Gasteiger partial charge >= 0.3 is 5.97 Å². The van der Waals surface area contributed by atoms with E-state index in [0.717, 1.165) is 75.1 Å². The van der Waals surface area contributed by atoms with Crippen molar-refractivity contribution in [1.29, 1.82) is 0 Å². The number of hydrogen-bond acceptors (Lipinski definition) is 4. The van der Waals surface area contributed by atoms with Crippen LogP contribution in [-0.4, -0.2) is 37.4 Å². The van der Waals surface area contributed by atoms with E-state index in [9.17, 15) is 9.90 Å².